The highest BCUT2D eigenvalue weighted by Crippen LogP contribution is 2.15. The van der Waals surface area contributed by atoms with E-state index in [9.17, 15) is 9.59 Å². The van der Waals surface area contributed by atoms with Gasteiger partial charge in [0.05, 0.1) is 5.84 Å². The summed E-state index contributed by atoms with van der Waals surface area (Å²) in [5.74, 6) is 1.30. The van der Waals surface area contributed by atoms with Gasteiger partial charge in [-0.05, 0) is 0 Å². The first kappa shape index (κ1) is 24.0. The van der Waals surface area contributed by atoms with Gasteiger partial charge in [0.1, 0.15) is 0 Å². The highest BCUT2D eigenvalue weighted by Gasteiger charge is 2.12. The molecule has 0 aromatic rings. The molecule has 1 atom stereocenters. The average Bonchev–Trinajstić information content (AvgIpc) is 2.49. The monoisotopic (exact) mass is 305 g/mol. The molecule has 0 fully saturated rings. The summed E-state index contributed by atoms with van der Waals surface area (Å²) < 4.78 is 0. The third kappa shape index (κ3) is 15.0. The summed E-state index contributed by atoms with van der Waals surface area (Å²) in [6, 6.07) is 0. The maximum Gasteiger partial charge on any atom is 0.229 e. The van der Waals surface area contributed by atoms with Crippen molar-refractivity contribution >= 4 is 29.9 Å². The molecular formula is C14H31N3O2S. The number of nitrogens with two attached hydrogens (primary N) is 1. The molecule has 0 rings (SSSR count). The predicted molar refractivity (Wildman–Crippen MR) is 90.2 cm³/mol. The standard InChI is InChI=1S/C10H19N3O2S.2C2H6/c1-8(6-10(15)13(3)7-14)16-5-4-9(11)12-2;2*1-2/h7-8H,4-6H2,1-3H3,(H2,11,12);2*1-2H3. The molecule has 6 heteroatoms. The smallest absolute Gasteiger partial charge is 0.229 e. The lowest BCUT2D eigenvalue weighted by Crippen LogP contribution is -2.27. The summed E-state index contributed by atoms with van der Waals surface area (Å²) in [5.41, 5.74) is 5.55. The fraction of sp³-hybridized carbons (Fsp3) is 0.786. The largest absolute Gasteiger partial charge is 0.387 e. The van der Waals surface area contributed by atoms with Crippen LogP contribution in [-0.2, 0) is 9.59 Å². The van der Waals surface area contributed by atoms with E-state index in [1.54, 1.807) is 18.8 Å². The number of nitrogens with zero attached hydrogens (tertiary/aromatic N) is 2. The number of imide groups is 1. The Morgan fingerprint density at radius 1 is 1.35 bits per heavy atom. The van der Waals surface area contributed by atoms with Crippen LogP contribution in [0, 0.1) is 0 Å². The second-order valence-electron chi connectivity index (χ2n) is 3.46. The fourth-order valence-electron chi connectivity index (χ4n) is 0.984. The van der Waals surface area contributed by atoms with E-state index in [2.05, 4.69) is 4.99 Å². The van der Waals surface area contributed by atoms with Crippen LogP contribution in [0.15, 0.2) is 4.99 Å². The van der Waals surface area contributed by atoms with Gasteiger partial charge in [-0.2, -0.15) is 11.8 Å². The summed E-state index contributed by atoms with van der Waals surface area (Å²) in [4.78, 5) is 26.6. The highest BCUT2D eigenvalue weighted by atomic mass is 32.2. The lowest BCUT2D eigenvalue weighted by atomic mass is 10.3. The van der Waals surface area contributed by atoms with Crippen LogP contribution in [0.25, 0.3) is 0 Å². The lowest BCUT2D eigenvalue weighted by molar-refractivity contribution is -0.136. The average molecular weight is 305 g/mol. The normalized spacial score (nSPS) is 11.2. The number of thioether (sulfide) groups is 1. The van der Waals surface area contributed by atoms with Crippen molar-refractivity contribution in [3.63, 3.8) is 0 Å². The molecule has 20 heavy (non-hydrogen) atoms. The topological polar surface area (TPSA) is 75.8 Å². The molecule has 0 aliphatic heterocycles. The van der Waals surface area contributed by atoms with Crippen LogP contribution < -0.4 is 5.73 Å². The van der Waals surface area contributed by atoms with Crippen molar-refractivity contribution in [3.05, 3.63) is 0 Å². The minimum absolute atomic E-state index is 0.160. The Morgan fingerprint density at radius 3 is 2.25 bits per heavy atom. The number of aliphatic imine (C=N–C) groups is 1. The maximum absolute atomic E-state index is 11.4. The molecule has 0 spiro atoms. The number of rotatable bonds is 7. The van der Waals surface area contributed by atoms with Crippen LogP contribution in [0.2, 0.25) is 0 Å². The summed E-state index contributed by atoms with van der Waals surface area (Å²) in [5, 5.41) is 0.180. The van der Waals surface area contributed by atoms with Gasteiger partial charge in [0.15, 0.2) is 0 Å². The van der Waals surface area contributed by atoms with Crippen molar-refractivity contribution in [2.75, 3.05) is 19.8 Å². The third-order valence-corrected chi connectivity index (χ3v) is 3.24. The van der Waals surface area contributed by atoms with E-state index in [1.807, 2.05) is 34.6 Å². The summed E-state index contributed by atoms with van der Waals surface area (Å²) >= 11 is 1.65. The van der Waals surface area contributed by atoms with Gasteiger partial charge >= 0.3 is 0 Å². The van der Waals surface area contributed by atoms with Crippen molar-refractivity contribution in [3.8, 4) is 0 Å². The van der Waals surface area contributed by atoms with E-state index in [0.717, 1.165) is 17.1 Å². The Morgan fingerprint density at radius 2 is 1.85 bits per heavy atom. The van der Waals surface area contributed by atoms with Crippen molar-refractivity contribution in [2.24, 2.45) is 10.7 Å². The van der Waals surface area contributed by atoms with Crippen LogP contribution >= 0.6 is 11.8 Å². The predicted octanol–water partition coefficient (Wildman–Crippen LogP) is 2.54. The molecule has 120 valence electrons. The van der Waals surface area contributed by atoms with Crippen LogP contribution in [0.3, 0.4) is 0 Å². The molecule has 0 saturated carbocycles. The van der Waals surface area contributed by atoms with Gasteiger partial charge in [-0.1, -0.05) is 34.6 Å². The first-order chi connectivity index (χ1) is 9.51. The zero-order valence-electron chi connectivity index (χ0n) is 14.0. The molecule has 0 aromatic heterocycles. The van der Waals surface area contributed by atoms with Gasteiger partial charge in [-0.25, -0.2) is 0 Å². The second kappa shape index (κ2) is 18.0. The van der Waals surface area contributed by atoms with Gasteiger partial charge in [-0.3, -0.25) is 19.5 Å². The molecule has 0 bridgehead atoms. The Kier molecular flexibility index (Phi) is 21.6. The van der Waals surface area contributed by atoms with E-state index in [1.165, 1.54) is 7.05 Å². The molecule has 2 N–H and O–H groups in total. The van der Waals surface area contributed by atoms with Crippen molar-refractivity contribution in [1.29, 1.82) is 0 Å². The number of hydrogen-bond donors (Lipinski definition) is 1. The summed E-state index contributed by atoms with van der Waals surface area (Å²) in [6.45, 7) is 9.96. The molecule has 0 aromatic carbocycles. The van der Waals surface area contributed by atoms with Gasteiger partial charge in [0.25, 0.3) is 0 Å². The summed E-state index contributed by atoms with van der Waals surface area (Å²) in [6.07, 6.45) is 1.62. The number of amides is 2. The fourth-order valence-corrected chi connectivity index (χ4v) is 1.97. The molecule has 0 heterocycles. The Labute approximate surface area is 128 Å². The van der Waals surface area contributed by atoms with E-state index in [-0.39, 0.29) is 11.2 Å². The molecule has 1 unspecified atom stereocenters. The molecule has 5 nitrogen and oxygen atoms in total. The zero-order chi connectivity index (χ0) is 16.6. The molecule has 0 radical (unpaired) electrons. The quantitative estimate of drug-likeness (QED) is 0.445. The molecule has 2 amide bonds. The van der Waals surface area contributed by atoms with E-state index >= 15 is 0 Å². The van der Waals surface area contributed by atoms with E-state index in [4.69, 9.17) is 5.73 Å². The van der Waals surface area contributed by atoms with Gasteiger partial charge in [0.2, 0.25) is 12.3 Å². The lowest BCUT2D eigenvalue weighted by Gasteiger charge is -2.13. The van der Waals surface area contributed by atoms with E-state index in [0.29, 0.717) is 18.7 Å². The van der Waals surface area contributed by atoms with Crippen LogP contribution in [0.4, 0.5) is 0 Å². The van der Waals surface area contributed by atoms with Gasteiger partial charge < -0.3 is 5.73 Å². The molecule has 0 saturated heterocycles. The second-order valence-corrected chi connectivity index (χ2v) is 5.01. The Hall–Kier alpha value is -1.04. The number of carbonyl (C=O) groups excluding carboxylic acids is 2. The first-order valence-corrected chi connectivity index (χ1v) is 8.09. The Bertz CT molecular complexity index is 271. The van der Waals surface area contributed by atoms with Gasteiger partial charge in [-0.15, -0.1) is 0 Å². The van der Waals surface area contributed by atoms with Crippen molar-refractivity contribution in [2.45, 2.75) is 52.7 Å². The van der Waals surface area contributed by atoms with Crippen LogP contribution in [0.1, 0.15) is 47.5 Å². The number of carbonyl (C=O) groups is 2. The number of amidine groups is 1. The van der Waals surface area contributed by atoms with Gasteiger partial charge in [0, 0.05) is 37.9 Å². The van der Waals surface area contributed by atoms with Crippen molar-refractivity contribution < 1.29 is 9.59 Å². The highest BCUT2D eigenvalue weighted by molar-refractivity contribution is 7.99. The molecular weight excluding hydrogens is 274 g/mol. The minimum Gasteiger partial charge on any atom is -0.387 e. The summed E-state index contributed by atoms with van der Waals surface area (Å²) in [7, 11) is 3.13. The zero-order valence-corrected chi connectivity index (χ0v) is 14.8. The minimum atomic E-state index is -0.160. The van der Waals surface area contributed by atoms with E-state index < -0.39 is 0 Å². The number of hydrogen-bond acceptors (Lipinski definition) is 4. The van der Waals surface area contributed by atoms with Crippen molar-refractivity contribution in [1.82, 2.24) is 4.90 Å². The van der Waals surface area contributed by atoms with Crippen LogP contribution in [-0.4, -0.2) is 48.2 Å². The first-order valence-electron chi connectivity index (χ1n) is 7.05. The maximum atomic E-state index is 11.4. The SMILES string of the molecule is CC.CC.CN=C(N)CCSC(C)CC(=O)N(C)C=O. The Balaban J connectivity index is -0.000000656. The van der Waals surface area contributed by atoms with Crippen LogP contribution in [0.5, 0.6) is 0 Å². The third-order valence-electron chi connectivity index (χ3n) is 2.06. The molecule has 0 aliphatic carbocycles. The molecule has 0 aliphatic rings.